The summed E-state index contributed by atoms with van der Waals surface area (Å²) in [4.78, 5) is 5.20. The van der Waals surface area contributed by atoms with Crippen molar-refractivity contribution in [2.75, 3.05) is 19.8 Å². The Morgan fingerprint density at radius 3 is 2.82 bits per heavy atom. The fourth-order valence-corrected chi connectivity index (χ4v) is 1.95. The highest BCUT2D eigenvalue weighted by atomic mass is 16.6. The van der Waals surface area contributed by atoms with E-state index in [2.05, 4.69) is 5.16 Å². The van der Waals surface area contributed by atoms with Crippen LogP contribution in [0.1, 0.15) is 12.0 Å². The third-order valence-electron chi connectivity index (χ3n) is 2.87. The van der Waals surface area contributed by atoms with Gasteiger partial charge in [0.05, 0.1) is 5.71 Å². The predicted octanol–water partition coefficient (Wildman–Crippen LogP) is 0.909. The van der Waals surface area contributed by atoms with Gasteiger partial charge in [-0.2, -0.15) is 0 Å². The lowest BCUT2D eigenvalue weighted by Gasteiger charge is -2.18. The lowest BCUT2D eigenvalue weighted by molar-refractivity contribution is 0.0918. The van der Waals surface area contributed by atoms with Crippen molar-refractivity contribution in [1.82, 2.24) is 0 Å². The zero-order valence-corrected chi connectivity index (χ0v) is 9.39. The van der Waals surface area contributed by atoms with Crippen molar-refractivity contribution in [3.05, 3.63) is 23.8 Å². The smallest absolute Gasteiger partial charge is 0.162 e. The standard InChI is InChI=1S/C12H14N2O3/c13-7-9-6-10(14-17-9)8-1-2-11-12(5-8)16-4-3-15-11/h1-2,5,9H,3-4,6-7,13H2. The quantitative estimate of drug-likeness (QED) is 0.826. The number of nitrogens with two attached hydrogens (primary N) is 1. The van der Waals surface area contributed by atoms with E-state index >= 15 is 0 Å². The van der Waals surface area contributed by atoms with E-state index in [1.54, 1.807) is 0 Å². The van der Waals surface area contributed by atoms with Crippen LogP contribution in [0.25, 0.3) is 0 Å². The Balaban J connectivity index is 1.85. The van der Waals surface area contributed by atoms with Gasteiger partial charge in [0.15, 0.2) is 11.5 Å². The molecule has 90 valence electrons. The fraction of sp³-hybridized carbons (Fsp3) is 0.417. The van der Waals surface area contributed by atoms with Crippen molar-refractivity contribution in [1.29, 1.82) is 0 Å². The number of nitrogens with zero attached hydrogens (tertiary/aromatic N) is 1. The summed E-state index contributed by atoms with van der Waals surface area (Å²) in [5, 5.41) is 4.05. The van der Waals surface area contributed by atoms with Crippen LogP contribution in [0.2, 0.25) is 0 Å². The van der Waals surface area contributed by atoms with Gasteiger partial charge in [-0.3, -0.25) is 0 Å². The highest BCUT2D eigenvalue weighted by molar-refractivity contribution is 6.01. The molecule has 5 nitrogen and oxygen atoms in total. The second kappa shape index (κ2) is 4.25. The molecular weight excluding hydrogens is 220 g/mol. The van der Waals surface area contributed by atoms with E-state index in [4.69, 9.17) is 20.0 Å². The Hall–Kier alpha value is -1.75. The third kappa shape index (κ3) is 1.93. The predicted molar refractivity (Wildman–Crippen MR) is 62.5 cm³/mol. The van der Waals surface area contributed by atoms with Crippen molar-refractivity contribution in [3.63, 3.8) is 0 Å². The molecule has 5 heteroatoms. The Labute approximate surface area is 99.1 Å². The molecule has 2 aliphatic heterocycles. The van der Waals surface area contributed by atoms with E-state index < -0.39 is 0 Å². The number of ether oxygens (including phenoxy) is 2. The second-order valence-electron chi connectivity index (χ2n) is 4.06. The maximum Gasteiger partial charge on any atom is 0.162 e. The van der Waals surface area contributed by atoms with Crippen molar-refractivity contribution < 1.29 is 14.3 Å². The average molecular weight is 234 g/mol. The summed E-state index contributed by atoms with van der Waals surface area (Å²) in [7, 11) is 0. The van der Waals surface area contributed by atoms with Crippen LogP contribution in [0.4, 0.5) is 0 Å². The van der Waals surface area contributed by atoms with Crippen LogP contribution in [0.15, 0.2) is 23.4 Å². The summed E-state index contributed by atoms with van der Waals surface area (Å²) in [5.41, 5.74) is 7.46. The average Bonchev–Trinajstić information content (AvgIpc) is 2.87. The minimum atomic E-state index is -0.00167. The number of fused-ring (bicyclic) bond motifs is 1. The van der Waals surface area contributed by atoms with Crippen LogP contribution in [0.5, 0.6) is 11.5 Å². The normalized spacial score (nSPS) is 21.9. The summed E-state index contributed by atoms with van der Waals surface area (Å²) in [6.45, 7) is 1.67. The summed E-state index contributed by atoms with van der Waals surface area (Å²) >= 11 is 0. The monoisotopic (exact) mass is 234 g/mol. The summed E-state index contributed by atoms with van der Waals surface area (Å²) in [6.07, 6.45) is 0.745. The molecule has 0 radical (unpaired) electrons. The Morgan fingerprint density at radius 2 is 2.06 bits per heavy atom. The summed E-state index contributed by atoms with van der Waals surface area (Å²) in [6, 6.07) is 5.81. The highest BCUT2D eigenvalue weighted by Crippen LogP contribution is 2.32. The maximum absolute atomic E-state index is 5.54. The molecule has 1 unspecified atom stereocenters. The first-order valence-electron chi connectivity index (χ1n) is 5.69. The van der Waals surface area contributed by atoms with Crippen molar-refractivity contribution >= 4 is 5.71 Å². The molecule has 0 saturated carbocycles. The van der Waals surface area contributed by atoms with Crippen LogP contribution in [0, 0.1) is 0 Å². The van der Waals surface area contributed by atoms with Gasteiger partial charge in [0, 0.05) is 18.5 Å². The van der Waals surface area contributed by atoms with E-state index in [0.29, 0.717) is 19.8 Å². The van der Waals surface area contributed by atoms with Crippen molar-refractivity contribution in [2.45, 2.75) is 12.5 Å². The van der Waals surface area contributed by atoms with Crippen LogP contribution in [0.3, 0.4) is 0 Å². The van der Waals surface area contributed by atoms with E-state index in [1.165, 1.54) is 0 Å². The summed E-state index contributed by atoms with van der Waals surface area (Å²) < 4.78 is 11.0. The van der Waals surface area contributed by atoms with Gasteiger partial charge in [0.2, 0.25) is 0 Å². The Morgan fingerprint density at radius 1 is 1.24 bits per heavy atom. The van der Waals surface area contributed by atoms with Gasteiger partial charge < -0.3 is 20.0 Å². The minimum Gasteiger partial charge on any atom is -0.486 e. The molecule has 17 heavy (non-hydrogen) atoms. The molecule has 0 spiro atoms. The molecule has 1 aromatic carbocycles. The van der Waals surface area contributed by atoms with E-state index in [9.17, 15) is 0 Å². The Kier molecular flexibility index (Phi) is 2.60. The molecule has 0 aliphatic carbocycles. The van der Waals surface area contributed by atoms with E-state index in [-0.39, 0.29) is 6.10 Å². The molecule has 0 bridgehead atoms. The molecule has 0 fully saturated rings. The van der Waals surface area contributed by atoms with Gasteiger partial charge in [0.25, 0.3) is 0 Å². The van der Waals surface area contributed by atoms with E-state index in [1.807, 2.05) is 18.2 Å². The lowest BCUT2D eigenvalue weighted by Crippen LogP contribution is -2.20. The number of hydrogen-bond donors (Lipinski definition) is 1. The first-order chi connectivity index (χ1) is 8.36. The molecule has 0 aromatic heterocycles. The maximum atomic E-state index is 5.54. The first-order valence-corrected chi connectivity index (χ1v) is 5.69. The number of oxime groups is 1. The first kappa shape index (κ1) is 10.4. The zero-order valence-electron chi connectivity index (χ0n) is 9.39. The molecule has 2 aliphatic rings. The third-order valence-corrected chi connectivity index (χ3v) is 2.87. The van der Waals surface area contributed by atoms with Crippen LogP contribution >= 0.6 is 0 Å². The largest absolute Gasteiger partial charge is 0.486 e. The van der Waals surface area contributed by atoms with E-state index in [0.717, 1.165) is 29.2 Å². The molecule has 3 rings (SSSR count). The second-order valence-corrected chi connectivity index (χ2v) is 4.06. The van der Waals surface area contributed by atoms with Crippen LogP contribution in [-0.4, -0.2) is 31.6 Å². The number of benzene rings is 1. The van der Waals surface area contributed by atoms with Gasteiger partial charge in [-0.05, 0) is 18.2 Å². The fourth-order valence-electron chi connectivity index (χ4n) is 1.95. The van der Waals surface area contributed by atoms with Gasteiger partial charge in [-0.15, -0.1) is 0 Å². The van der Waals surface area contributed by atoms with Gasteiger partial charge in [-0.25, -0.2) is 0 Å². The molecule has 1 aromatic rings. The molecule has 0 saturated heterocycles. The topological polar surface area (TPSA) is 66.1 Å². The van der Waals surface area contributed by atoms with Gasteiger partial charge in [-0.1, -0.05) is 5.16 Å². The molecule has 2 N–H and O–H groups in total. The molecular formula is C12H14N2O3. The van der Waals surface area contributed by atoms with Crippen LogP contribution in [-0.2, 0) is 4.84 Å². The molecule has 2 heterocycles. The minimum absolute atomic E-state index is 0.00167. The van der Waals surface area contributed by atoms with Crippen molar-refractivity contribution in [2.24, 2.45) is 10.9 Å². The molecule has 0 amide bonds. The van der Waals surface area contributed by atoms with Gasteiger partial charge >= 0.3 is 0 Å². The summed E-state index contributed by atoms with van der Waals surface area (Å²) in [5.74, 6) is 1.56. The zero-order chi connectivity index (χ0) is 11.7. The van der Waals surface area contributed by atoms with Crippen molar-refractivity contribution in [3.8, 4) is 11.5 Å². The van der Waals surface area contributed by atoms with Crippen LogP contribution < -0.4 is 15.2 Å². The molecule has 1 atom stereocenters. The Bertz CT molecular complexity index is 459. The lowest BCUT2D eigenvalue weighted by atomic mass is 10.0. The highest BCUT2D eigenvalue weighted by Gasteiger charge is 2.22. The number of hydrogen-bond acceptors (Lipinski definition) is 5. The van der Waals surface area contributed by atoms with Gasteiger partial charge in [0.1, 0.15) is 19.3 Å². The number of rotatable bonds is 2. The SMILES string of the molecule is NCC1CC(c2ccc3c(c2)OCCO3)=NO1.